The van der Waals surface area contributed by atoms with Crippen molar-refractivity contribution in [2.24, 2.45) is 0 Å². The van der Waals surface area contributed by atoms with Crippen LogP contribution in [0.1, 0.15) is 33.1 Å². The third-order valence-corrected chi connectivity index (χ3v) is 4.14. The van der Waals surface area contributed by atoms with Crippen LogP contribution in [0.25, 0.3) is 0 Å². The molecule has 110 valence electrons. The number of carbonyl (C=O) groups excluding carboxylic acids is 1. The van der Waals surface area contributed by atoms with Gasteiger partial charge in [-0.2, -0.15) is 0 Å². The summed E-state index contributed by atoms with van der Waals surface area (Å²) in [7, 11) is 1.46. The third-order valence-electron chi connectivity index (χ3n) is 4.14. The van der Waals surface area contributed by atoms with Crippen molar-refractivity contribution in [3.8, 4) is 0 Å². The predicted octanol–water partition coefficient (Wildman–Crippen LogP) is 0.781. The van der Waals surface area contributed by atoms with Gasteiger partial charge in [-0.15, -0.1) is 0 Å². The molecule has 1 saturated heterocycles. The summed E-state index contributed by atoms with van der Waals surface area (Å²) in [5, 5.41) is 3.44. The topological polar surface area (TPSA) is 50.8 Å². The van der Waals surface area contributed by atoms with Crippen LogP contribution in [0.3, 0.4) is 0 Å². The number of rotatable bonds is 6. The van der Waals surface area contributed by atoms with Crippen molar-refractivity contribution in [2.45, 2.75) is 50.7 Å². The van der Waals surface area contributed by atoms with Gasteiger partial charge >= 0.3 is 5.97 Å². The molecule has 1 aliphatic heterocycles. The van der Waals surface area contributed by atoms with Gasteiger partial charge in [-0.1, -0.05) is 0 Å². The smallest absolute Gasteiger partial charge is 0.325 e. The van der Waals surface area contributed by atoms with Gasteiger partial charge in [0.25, 0.3) is 0 Å². The highest BCUT2D eigenvalue weighted by atomic mass is 16.5. The average Bonchev–Trinajstić information content (AvgIpc) is 3.20. The Bertz CT molecular complexity index is 320. The van der Waals surface area contributed by atoms with Gasteiger partial charge in [0.2, 0.25) is 0 Å². The molecule has 5 heteroatoms. The fourth-order valence-corrected chi connectivity index (χ4v) is 2.60. The zero-order chi connectivity index (χ0) is 13.9. The molecular weight excluding hydrogens is 244 g/mol. The van der Waals surface area contributed by atoms with Gasteiger partial charge in [0.15, 0.2) is 0 Å². The van der Waals surface area contributed by atoms with E-state index in [-0.39, 0.29) is 5.97 Å². The van der Waals surface area contributed by atoms with Gasteiger partial charge in [0.05, 0.1) is 20.3 Å². The molecule has 2 rings (SSSR count). The van der Waals surface area contributed by atoms with Crippen molar-refractivity contribution in [2.75, 3.05) is 33.4 Å². The van der Waals surface area contributed by atoms with Crippen LogP contribution >= 0.6 is 0 Å². The van der Waals surface area contributed by atoms with Crippen molar-refractivity contribution in [1.82, 2.24) is 10.2 Å². The standard InChI is InChI=1S/C14H26N2O3/c1-11-10-19-9-8-16(11)7-6-14(2,13(17)18-3)15-12-4-5-12/h11-12,15H,4-10H2,1-3H3. The van der Waals surface area contributed by atoms with E-state index in [9.17, 15) is 4.79 Å². The minimum atomic E-state index is -0.562. The lowest BCUT2D eigenvalue weighted by molar-refractivity contribution is -0.148. The van der Waals surface area contributed by atoms with Crippen LogP contribution in [0.15, 0.2) is 0 Å². The lowest BCUT2D eigenvalue weighted by Gasteiger charge is -2.36. The molecule has 2 aliphatic rings. The summed E-state index contributed by atoms with van der Waals surface area (Å²) < 4.78 is 10.4. The first kappa shape index (κ1) is 14.8. The Balaban J connectivity index is 1.89. The minimum absolute atomic E-state index is 0.152. The monoisotopic (exact) mass is 270 g/mol. The first-order valence-corrected chi connectivity index (χ1v) is 7.23. The van der Waals surface area contributed by atoms with Crippen LogP contribution in [0, 0.1) is 0 Å². The van der Waals surface area contributed by atoms with E-state index < -0.39 is 5.54 Å². The van der Waals surface area contributed by atoms with Crippen molar-refractivity contribution in [3.63, 3.8) is 0 Å². The summed E-state index contributed by atoms with van der Waals surface area (Å²) >= 11 is 0. The van der Waals surface area contributed by atoms with Gasteiger partial charge in [0.1, 0.15) is 5.54 Å². The molecule has 0 radical (unpaired) electrons. The zero-order valence-electron chi connectivity index (χ0n) is 12.3. The Kier molecular flexibility index (Phi) is 4.81. The molecule has 0 bridgehead atoms. The molecule has 0 amide bonds. The molecule has 2 unspecified atom stereocenters. The number of nitrogens with zero attached hydrogens (tertiary/aromatic N) is 1. The Hall–Kier alpha value is -0.650. The average molecular weight is 270 g/mol. The van der Waals surface area contributed by atoms with Crippen LogP contribution in [-0.4, -0.2) is 61.9 Å². The fraction of sp³-hybridized carbons (Fsp3) is 0.929. The highest BCUT2D eigenvalue weighted by Gasteiger charge is 2.39. The number of ether oxygens (including phenoxy) is 2. The van der Waals surface area contributed by atoms with Crippen LogP contribution in [0.5, 0.6) is 0 Å². The SMILES string of the molecule is COC(=O)C(C)(CCN1CCOCC1C)NC1CC1. The van der Waals surface area contributed by atoms with Crippen molar-refractivity contribution < 1.29 is 14.3 Å². The van der Waals surface area contributed by atoms with Crippen LogP contribution < -0.4 is 5.32 Å². The summed E-state index contributed by atoms with van der Waals surface area (Å²) in [6.45, 7) is 7.54. The number of esters is 1. The molecule has 0 aromatic carbocycles. The van der Waals surface area contributed by atoms with E-state index in [1.807, 2.05) is 6.92 Å². The number of morpholine rings is 1. The summed E-state index contributed by atoms with van der Waals surface area (Å²) in [4.78, 5) is 14.4. The Morgan fingerprint density at radius 1 is 1.53 bits per heavy atom. The number of nitrogens with one attached hydrogen (secondary N) is 1. The van der Waals surface area contributed by atoms with Crippen LogP contribution in [-0.2, 0) is 14.3 Å². The van der Waals surface area contributed by atoms with E-state index >= 15 is 0 Å². The molecular formula is C14H26N2O3. The molecule has 5 nitrogen and oxygen atoms in total. The second kappa shape index (κ2) is 6.20. The maximum absolute atomic E-state index is 12.0. The van der Waals surface area contributed by atoms with E-state index in [4.69, 9.17) is 9.47 Å². The summed E-state index contributed by atoms with van der Waals surface area (Å²) in [5.74, 6) is -0.152. The van der Waals surface area contributed by atoms with E-state index in [0.29, 0.717) is 12.1 Å². The Labute approximate surface area is 115 Å². The zero-order valence-corrected chi connectivity index (χ0v) is 12.3. The van der Waals surface area contributed by atoms with Crippen LogP contribution in [0.4, 0.5) is 0 Å². The van der Waals surface area contributed by atoms with Gasteiger partial charge < -0.3 is 9.47 Å². The number of hydrogen-bond donors (Lipinski definition) is 1. The highest BCUT2D eigenvalue weighted by Crippen LogP contribution is 2.25. The highest BCUT2D eigenvalue weighted by molar-refractivity contribution is 5.80. The van der Waals surface area contributed by atoms with Gasteiger partial charge in [-0.3, -0.25) is 15.0 Å². The molecule has 0 spiro atoms. The van der Waals surface area contributed by atoms with E-state index in [1.165, 1.54) is 20.0 Å². The fourth-order valence-electron chi connectivity index (χ4n) is 2.60. The van der Waals surface area contributed by atoms with E-state index in [2.05, 4.69) is 17.1 Å². The molecule has 2 fully saturated rings. The normalized spacial score (nSPS) is 27.8. The second-order valence-corrected chi connectivity index (χ2v) is 5.95. The third kappa shape index (κ3) is 3.91. The van der Waals surface area contributed by atoms with Gasteiger partial charge in [-0.25, -0.2) is 0 Å². The van der Waals surface area contributed by atoms with Crippen molar-refractivity contribution in [1.29, 1.82) is 0 Å². The molecule has 1 N–H and O–H groups in total. The molecule has 2 atom stereocenters. The largest absolute Gasteiger partial charge is 0.468 e. The van der Waals surface area contributed by atoms with Gasteiger partial charge in [0, 0.05) is 25.2 Å². The Morgan fingerprint density at radius 2 is 2.26 bits per heavy atom. The molecule has 19 heavy (non-hydrogen) atoms. The lowest BCUT2D eigenvalue weighted by Crippen LogP contribution is -2.54. The molecule has 1 heterocycles. The van der Waals surface area contributed by atoms with E-state index in [1.54, 1.807) is 0 Å². The summed E-state index contributed by atoms with van der Waals surface area (Å²) in [6.07, 6.45) is 3.11. The van der Waals surface area contributed by atoms with Crippen molar-refractivity contribution >= 4 is 5.97 Å². The predicted molar refractivity (Wildman–Crippen MR) is 73.0 cm³/mol. The maximum Gasteiger partial charge on any atom is 0.325 e. The first-order valence-electron chi connectivity index (χ1n) is 7.23. The number of carbonyl (C=O) groups is 1. The first-order chi connectivity index (χ1) is 9.05. The van der Waals surface area contributed by atoms with E-state index in [0.717, 1.165) is 32.7 Å². The quantitative estimate of drug-likeness (QED) is 0.723. The summed E-state index contributed by atoms with van der Waals surface area (Å²) in [6, 6.07) is 0.919. The molecule has 0 aromatic rings. The van der Waals surface area contributed by atoms with Gasteiger partial charge in [-0.05, 0) is 33.1 Å². The van der Waals surface area contributed by atoms with Crippen molar-refractivity contribution in [3.05, 3.63) is 0 Å². The maximum atomic E-state index is 12.0. The molecule has 1 saturated carbocycles. The Morgan fingerprint density at radius 3 is 2.84 bits per heavy atom. The molecule has 0 aromatic heterocycles. The lowest BCUT2D eigenvalue weighted by atomic mass is 9.96. The number of methoxy groups -OCH3 is 1. The second-order valence-electron chi connectivity index (χ2n) is 5.95. The summed E-state index contributed by atoms with van der Waals surface area (Å²) in [5.41, 5.74) is -0.562. The van der Waals surface area contributed by atoms with Crippen LogP contribution in [0.2, 0.25) is 0 Å². The molecule has 1 aliphatic carbocycles. The number of hydrogen-bond acceptors (Lipinski definition) is 5. The minimum Gasteiger partial charge on any atom is -0.468 e.